The molecule has 0 aromatic carbocycles. The van der Waals surface area contributed by atoms with Gasteiger partial charge in [-0.1, -0.05) is 31.6 Å². The molecule has 1 aliphatic rings. The quantitative estimate of drug-likeness (QED) is 0.693. The fourth-order valence-corrected chi connectivity index (χ4v) is 3.00. The average molecular weight is 204 g/mol. The number of rotatable bonds is 3. The first-order valence-electron chi connectivity index (χ1n) is 5.17. The molecule has 0 bridgehead atoms. The fourth-order valence-electron chi connectivity index (χ4n) is 2.01. The maximum atomic E-state index is 2.36. The van der Waals surface area contributed by atoms with Crippen molar-refractivity contribution in [3.8, 4) is 0 Å². The summed E-state index contributed by atoms with van der Waals surface area (Å²) < 4.78 is 0. The average Bonchev–Trinajstić information content (AvgIpc) is 2.88. The predicted octanol–water partition coefficient (Wildman–Crippen LogP) is 4.15. The Balaban J connectivity index is 2.34. The molecule has 0 aliphatic heterocycles. The highest BCUT2D eigenvalue weighted by Crippen LogP contribution is 2.41. The lowest BCUT2D eigenvalue weighted by molar-refractivity contribution is 0.539. The minimum atomic E-state index is 0.262. The van der Waals surface area contributed by atoms with Crippen molar-refractivity contribution in [1.29, 1.82) is 0 Å². The molecule has 1 aromatic heterocycles. The van der Waals surface area contributed by atoms with Crippen LogP contribution in [0.1, 0.15) is 31.6 Å². The molecule has 0 nitrogen and oxygen atoms in total. The first-order chi connectivity index (χ1) is 6.77. The summed E-state index contributed by atoms with van der Waals surface area (Å²) in [4.78, 5) is 1.50. The standard InChI is InChI=1S/C13H16S/c1-3-13(2,11-7-4-5-8-11)12-9-6-10-14-12/h4-7,9-10H,3,8H2,1-2H3. The van der Waals surface area contributed by atoms with Gasteiger partial charge in [-0.25, -0.2) is 0 Å². The lowest BCUT2D eigenvalue weighted by atomic mass is 9.78. The van der Waals surface area contributed by atoms with Crippen LogP contribution in [0.15, 0.2) is 29.2 Å². The van der Waals surface area contributed by atoms with E-state index in [0.29, 0.717) is 0 Å². The number of hydrogen-bond donors (Lipinski definition) is 0. The Bertz CT molecular complexity index is 321. The first-order valence-corrected chi connectivity index (χ1v) is 6.05. The van der Waals surface area contributed by atoms with E-state index in [0.717, 1.165) is 6.42 Å². The van der Waals surface area contributed by atoms with Crippen molar-refractivity contribution in [1.82, 2.24) is 0 Å². The summed E-state index contributed by atoms with van der Waals surface area (Å²) in [7, 11) is 0. The van der Waals surface area contributed by atoms with Gasteiger partial charge in [-0.15, -0.1) is 11.3 Å². The van der Waals surface area contributed by atoms with Gasteiger partial charge in [0.1, 0.15) is 0 Å². The highest BCUT2D eigenvalue weighted by atomic mass is 32.1. The summed E-state index contributed by atoms with van der Waals surface area (Å²) in [5.41, 5.74) is 1.82. The summed E-state index contributed by atoms with van der Waals surface area (Å²) in [6.07, 6.45) is 9.01. The van der Waals surface area contributed by atoms with Crippen LogP contribution in [-0.4, -0.2) is 0 Å². The Hall–Kier alpha value is -0.560. The van der Waals surface area contributed by atoms with E-state index in [4.69, 9.17) is 0 Å². The van der Waals surface area contributed by atoms with Crippen molar-refractivity contribution in [2.45, 2.75) is 32.1 Å². The van der Waals surface area contributed by atoms with Crippen LogP contribution in [0.25, 0.3) is 0 Å². The Morgan fingerprint density at radius 1 is 1.50 bits per heavy atom. The zero-order chi connectivity index (χ0) is 10.0. The van der Waals surface area contributed by atoms with Crippen molar-refractivity contribution >= 4 is 11.3 Å². The van der Waals surface area contributed by atoms with Gasteiger partial charge >= 0.3 is 0 Å². The van der Waals surface area contributed by atoms with Crippen LogP contribution in [0, 0.1) is 12.8 Å². The molecule has 0 fully saturated rings. The molecule has 14 heavy (non-hydrogen) atoms. The normalized spacial score (nSPS) is 20.6. The summed E-state index contributed by atoms with van der Waals surface area (Å²) in [5.74, 6) is 0. The molecule has 2 radical (unpaired) electrons. The van der Waals surface area contributed by atoms with Crippen molar-refractivity contribution in [2.75, 3.05) is 0 Å². The first kappa shape index (κ1) is 9.97. The van der Waals surface area contributed by atoms with Crippen molar-refractivity contribution in [3.63, 3.8) is 0 Å². The summed E-state index contributed by atoms with van der Waals surface area (Å²) in [6.45, 7) is 4.64. The Morgan fingerprint density at radius 2 is 2.36 bits per heavy atom. The third-order valence-electron chi connectivity index (χ3n) is 3.25. The van der Waals surface area contributed by atoms with Crippen molar-refractivity contribution in [2.24, 2.45) is 0 Å². The van der Waals surface area contributed by atoms with E-state index in [1.54, 1.807) is 5.57 Å². The lowest BCUT2D eigenvalue weighted by Gasteiger charge is -2.29. The molecule has 1 unspecified atom stereocenters. The molecule has 1 aliphatic carbocycles. The zero-order valence-corrected chi connectivity index (χ0v) is 9.60. The molecule has 1 atom stereocenters. The molecular formula is C13H16S. The van der Waals surface area contributed by atoms with E-state index in [1.165, 1.54) is 11.3 Å². The molecule has 0 saturated heterocycles. The molecule has 0 N–H and O–H groups in total. The van der Waals surface area contributed by atoms with Crippen LogP contribution < -0.4 is 0 Å². The summed E-state index contributed by atoms with van der Waals surface area (Å²) in [6, 6.07) is 4.41. The third-order valence-corrected chi connectivity index (χ3v) is 4.39. The van der Waals surface area contributed by atoms with Gasteiger partial charge in [-0.05, 0) is 37.1 Å². The highest BCUT2D eigenvalue weighted by molar-refractivity contribution is 7.10. The van der Waals surface area contributed by atoms with Crippen molar-refractivity contribution in [3.05, 3.63) is 46.9 Å². The topological polar surface area (TPSA) is 0 Å². The second kappa shape index (κ2) is 3.90. The fraction of sp³-hybridized carbons (Fsp3) is 0.385. The van der Waals surface area contributed by atoms with Gasteiger partial charge in [0.05, 0.1) is 0 Å². The van der Waals surface area contributed by atoms with E-state index in [9.17, 15) is 0 Å². The molecular weight excluding hydrogens is 188 g/mol. The largest absolute Gasteiger partial charge is 0.148 e. The van der Waals surface area contributed by atoms with E-state index in [2.05, 4.69) is 50.3 Å². The van der Waals surface area contributed by atoms with Crippen LogP contribution in [-0.2, 0) is 5.41 Å². The molecule has 2 rings (SSSR count). The highest BCUT2D eigenvalue weighted by Gasteiger charge is 2.31. The SMILES string of the molecule is CCC(C)(C1=C[CH][CH]C1)c1cccs1. The third kappa shape index (κ3) is 1.54. The number of allylic oxidation sites excluding steroid dienone is 2. The van der Waals surface area contributed by atoms with E-state index in [-0.39, 0.29) is 5.41 Å². The predicted molar refractivity (Wildman–Crippen MR) is 63.3 cm³/mol. The van der Waals surface area contributed by atoms with Gasteiger partial charge in [0.25, 0.3) is 0 Å². The minimum absolute atomic E-state index is 0.262. The molecule has 1 heteroatoms. The molecule has 1 aromatic rings. The maximum Gasteiger partial charge on any atom is 0.0225 e. The molecule has 0 saturated carbocycles. The Labute approximate surface area is 90.7 Å². The van der Waals surface area contributed by atoms with Gasteiger partial charge in [0, 0.05) is 10.3 Å². The zero-order valence-electron chi connectivity index (χ0n) is 8.79. The lowest BCUT2D eigenvalue weighted by Crippen LogP contribution is -2.21. The summed E-state index contributed by atoms with van der Waals surface area (Å²) >= 11 is 1.87. The maximum absolute atomic E-state index is 2.36. The second-order valence-electron chi connectivity index (χ2n) is 3.99. The van der Waals surface area contributed by atoms with E-state index >= 15 is 0 Å². The minimum Gasteiger partial charge on any atom is -0.148 e. The van der Waals surface area contributed by atoms with Crippen LogP contribution in [0.2, 0.25) is 0 Å². The van der Waals surface area contributed by atoms with Gasteiger partial charge in [-0.2, -0.15) is 0 Å². The monoisotopic (exact) mass is 204 g/mol. The smallest absolute Gasteiger partial charge is 0.0225 e. The van der Waals surface area contributed by atoms with Gasteiger partial charge in [0.15, 0.2) is 0 Å². The number of thiophene rings is 1. The van der Waals surface area contributed by atoms with Gasteiger partial charge < -0.3 is 0 Å². The Kier molecular flexibility index (Phi) is 2.78. The van der Waals surface area contributed by atoms with Crippen LogP contribution in [0.3, 0.4) is 0 Å². The van der Waals surface area contributed by atoms with Gasteiger partial charge in [-0.3, -0.25) is 0 Å². The molecule has 0 amide bonds. The van der Waals surface area contributed by atoms with E-state index < -0.39 is 0 Å². The van der Waals surface area contributed by atoms with Crippen molar-refractivity contribution < 1.29 is 0 Å². The molecule has 74 valence electrons. The molecule has 0 spiro atoms. The number of hydrogen-bond acceptors (Lipinski definition) is 1. The van der Waals surface area contributed by atoms with Gasteiger partial charge in [0.2, 0.25) is 0 Å². The van der Waals surface area contributed by atoms with Crippen LogP contribution in [0.5, 0.6) is 0 Å². The summed E-state index contributed by atoms with van der Waals surface area (Å²) in [5, 5.41) is 2.17. The molecule has 1 heterocycles. The van der Waals surface area contributed by atoms with E-state index in [1.807, 2.05) is 11.3 Å². The van der Waals surface area contributed by atoms with Crippen LogP contribution in [0.4, 0.5) is 0 Å². The van der Waals surface area contributed by atoms with Crippen LogP contribution >= 0.6 is 11.3 Å². The second-order valence-corrected chi connectivity index (χ2v) is 4.93. The Morgan fingerprint density at radius 3 is 2.86 bits per heavy atom.